The molecule has 1 aromatic carbocycles. The normalized spacial score (nSPS) is 9.95. The van der Waals surface area contributed by atoms with E-state index in [0.717, 1.165) is 0 Å². The van der Waals surface area contributed by atoms with Crippen LogP contribution in [-0.4, -0.2) is 40.8 Å². The molecule has 0 fully saturated rings. The summed E-state index contributed by atoms with van der Waals surface area (Å²) in [5, 5.41) is 11.1. The smallest absolute Gasteiger partial charge is 0.313 e. The van der Waals surface area contributed by atoms with Gasteiger partial charge >= 0.3 is 5.97 Å². The van der Waals surface area contributed by atoms with Crippen molar-refractivity contribution in [2.75, 3.05) is 18.1 Å². The lowest BCUT2D eigenvalue weighted by atomic mass is 10.1. The molecule has 5 nitrogen and oxygen atoms in total. The first-order valence-electron chi connectivity index (χ1n) is 5.69. The van der Waals surface area contributed by atoms with Gasteiger partial charge in [-0.1, -0.05) is 12.1 Å². The second kappa shape index (κ2) is 7.58. The van der Waals surface area contributed by atoms with E-state index in [-0.39, 0.29) is 17.4 Å². The number of ketones is 1. The molecule has 0 saturated heterocycles. The van der Waals surface area contributed by atoms with Crippen LogP contribution in [0.1, 0.15) is 27.6 Å². The van der Waals surface area contributed by atoms with Crippen LogP contribution in [0, 0.1) is 0 Å². The topological polar surface area (TPSA) is 83.5 Å². The number of carbonyl (C=O) groups is 3. The number of hydrogen-bond acceptors (Lipinski definition) is 4. The highest BCUT2D eigenvalue weighted by molar-refractivity contribution is 7.99. The van der Waals surface area contributed by atoms with Gasteiger partial charge in [0.15, 0.2) is 5.78 Å². The average molecular weight is 281 g/mol. The molecule has 0 heterocycles. The van der Waals surface area contributed by atoms with Crippen LogP contribution in [0.25, 0.3) is 0 Å². The number of Topliss-reactive ketones (excluding diaryl/α,β-unsaturated/α-hetero) is 1. The van der Waals surface area contributed by atoms with Gasteiger partial charge in [-0.2, -0.15) is 0 Å². The van der Waals surface area contributed by atoms with Gasteiger partial charge < -0.3 is 10.4 Å². The molecule has 0 saturated carbocycles. The summed E-state index contributed by atoms with van der Waals surface area (Å²) in [6.07, 6.45) is 0. The zero-order valence-corrected chi connectivity index (χ0v) is 11.3. The van der Waals surface area contributed by atoms with Crippen LogP contribution in [0.3, 0.4) is 0 Å². The van der Waals surface area contributed by atoms with Crippen molar-refractivity contribution >= 4 is 29.4 Å². The van der Waals surface area contributed by atoms with Gasteiger partial charge in [-0.25, -0.2) is 0 Å². The number of aliphatic carboxylic acids is 1. The average Bonchev–Trinajstić information content (AvgIpc) is 2.37. The van der Waals surface area contributed by atoms with Crippen molar-refractivity contribution in [3.05, 3.63) is 35.4 Å². The van der Waals surface area contributed by atoms with Gasteiger partial charge in [0.1, 0.15) is 0 Å². The first-order chi connectivity index (χ1) is 9.00. The van der Waals surface area contributed by atoms with E-state index < -0.39 is 5.97 Å². The number of nitrogens with one attached hydrogen (secondary N) is 1. The minimum Gasteiger partial charge on any atom is -0.481 e. The molecule has 0 aliphatic rings. The third kappa shape index (κ3) is 5.56. The summed E-state index contributed by atoms with van der Waals surface area (Å²) >= 11 is 1.25. The SMILES string of the molecule is CC(=O)c1ccc(C(=O)NCCSCC(=O)O)cc1. The van der Waals surface area contributed by atoms with Crippen molar-refractivity contribution in [3.63, 3.8) is 0 Å². The zero-order valence-electron chi connectivity index (χ0n) is 10.5. The largest absolute Gasteiger partial charge is 0.481 e. The van der Waals surface area contributed by atoms with E-state index in [2.05, 4.69) is 5.32 Å². The molecule has 2 N–H and O–H groups in total. The Bertz CT molecular complexity index is 470. The maximum atomic E-state index is 11.7. The maximum Gasteiger partial charge on any atom is 0.313 e. The first-order valence-corrected chi connectivity index (χ1v) is 6.85. The van der Waals surface area contributed by atoms with Crippen LogP contribution in [0.2, 0.25) is 0 Å². The Kier molecular flexibility index (Phi) is 6.08. The minimum atomic E-state index is -0.865. The lowest BCUT2D eigenvalue weighted by Gasteiger charge is -2.05. The molecule has 19 heavy (non-hydrogen) atoms. The predicted octanol–water partition coefficient (Wildman–Crippen LogP) is 1.44. The maximum absolute atomic E-state index is 11.7. The second-order valence-electron chi connectivity index (χ2n) is 3.84. The summed E-state index contributed by atoms with van der Waals surface area (Å²) in [5.74, 6) is -0.563. The first kappa shape index (κ1) is 15.2. The highest BCUT2D eigenvalue weighted by Crippen LogP contribution is 2.05. The van der Waals surface area contributed by atoms with Crippen LogP contribution in [-0.2, 0) is 4.79 Å². The fourth-order valence-electron chi connectivity index (χ4n) is 1.35. The van der Waals surface area contributed by atoms with E-state index in [1.54, 1.807) is 24.3 Å². The number of carboxylic acid groups (broad SMARTS) is 1. The molecule has 0 atom stereocenters. The molecule has 6 heteroatoms. The molecule has 1 aromatic rings. The Labute approximate surface area is 115 Å². The van der Waals surface area contributed by atoms with Gasteiger partial charge in [-0.05, 0) is 19.1 Å². The molecule has 1 rings (SSSR count). The molecule has 0 aliphatic carbocycles. The summed E-state index contributed by atoms with van der Waals surface area (Å²) in [6.45, 7) is 1.87. The molecular formula is C13H15NO4S. The number of thioether (sulfide) groups is 1. The number of hydrogen-bond donors (Lipinski definition) is 2. The Hall–Kier alpha value is -1.82. The van der Waals surface area contributed by atoms with Crippen molar-refractivity contribution in [3.8, 4) is 0 Å². The molecule has 0 bridgehead atoms. The highest BCUT2D eigenvalue weighted by Gasteiger charge is 2.06. The van der Waals surface area contributed by atoms with Crippen LogP contribution < -0.4 is 5.32 Å². The Morgan fingerprint density at radius 1 is 1.16 bits per heavy atom. The van der Waals surface area contributed by atoms with Crippen molar-refractivity contribution in [1.29, 1.82) is 0 Å². The molecule has 0 spiro atoms. The van der Waals surface area contributed by atoms with E-state index in [9.17, 15) is 14.4 Å². The summed E-state index contributed by atoms with van der Waals surface area (Å²) in [6, 6.07) is 6.40. The third-order valence-electron chi connectivity index (χ3n) is 2.31. The van der Waals surface area contributed by atoms with Gasteiger partial charge in [0.2, 0.25) is 0 Å². The number of carbonyl (C=O) groups excluding carboxylic acids is 2. The van der Waals surface area contributed by atoms with E-state index >= 15 is 0 Å². The number of rotatable bonds is 7. The Balaban J connectivity index is 2.37. The Morgan fingerprint density at radius 3 is 2.26 bits per heavy atom. The minimum absolute atomic E-state index is 0.0309. The molecule has 102 valence electrons. The van der Waals surface area contributed by atoms with E-state index in [4.69, 9.17) is 5.11 Å². The number of amides is 1. The lowest BCUT2D eigenvalue weighted by Crippen LogP contribution is -2.26. The zero-order chi connectivity index (χ0) is 14.3. The van der Waals surface area contributed by atoms with E-state index in [1.807, 2.05) is 0 Å². The van der Waals surface area contributed by atoms with Gasteiger partial charge in [-0.15, -0.1) is 11.8 Å². The van der Waals surface area contributed by atoms with E-state index in [0.29, 0.717) is 23.4 Å². The van der Waals surface area contributed by atoms with Gasteiger partial charge in [-0.3, -0.25) is 14.4 Å². The number of carboxylic acids is 1. The van der Waals surface area contributed by atoms with Crippen LogP contribution in [0.15, 0.2) is 24.3 Å². The Morgan fingerprint density at radius 2 is 1.74 bits per heavy atom. The predicted molar refractivity (Wildman–Crippen MR) is 73.7 cm³/mol. The molecular weight excluding hydrogens is 266 g/mol. The molecule has 0 aromatic heterocycles. The van der Waals surface area contributed by atoms with Crippen LogP contribution in [0.5, 0.6) is 0 Å². The molecule has 1 amide bonds. The summed E-state index contributed by atoms with van der Waals surface area (Å²) < 4.78 is 0. The quantitative estimate of drug-likeness (QED) is 0.583. The third-order valence-corrected chi connectivity index (χ3v) is 3.25. The summed E-state index contributed by atoms with van der Waals surface area (Å²) in [4.78, 5) is 33.0. The second-order valence-corrected chi connectivity index (χ2v) is 4.94. The molecule has 0 aliphatic heterocycles. The van der Waals surface area contributed by atoms with Gasteiger partial charge in [0.05, 0.1) is 5.75 Å². The van der Waals surface area contributed by atoms with Gasteiger partial charge in [0, 0.05) is 23.4 Å². The molecule has 0 unspecified atom stereocenters. The van der Waals surface area contributed by atoms with E-state index in [1.165, 1.54) is 18.7 Å². The highest BCUT2D eigenvalue weighted by atomic mass is 32.2. The fraction of sp³-hybridized carbons (Fsp3) is 0.308. The monoisotopic (exact) mass is 281 g/mol. The molecule has 0 radical (unpaired) electrons. The van der Waals surface area contributed by atoms with Crippen molar-refractivity contribution < 1.29 is 19.5 Å². The number of benzene rings is 1. The van der Waals surface area contributed by atoms with Gasteiger partial charge in [0.25, 0.3) is 5.91 Å². The fourth-order valence-corrected chi connectivity index (χ4v) is 1.92. The standard InChI is InChI=1S/C13H15NO4S/c1-9(15)10-2-4-11(5-3-10)13(18)14-6-7-19-8-12(16)17/h2-5H,6-8H2,1H3,(H,14,18)(H,16,17). The van der Waals surface area contributed by atoms with Crippen molar-refractivity contribution in [1.82, 2.24) is 5.32 Å². The lowest BCUT2D eigenvalue weighted by molar-refractivity contribution is -0.133. The van der Waals surface area contributed by atoms with Crippen molar-refractivity contribution in [2.24, 2.45) is 0 Å². The summed E-state index contributed by atoms with van der Waals surface area (Å²) in [7, 11) is 0. The van der Waals surface area contributed by atoms with Crippen LogP contribution in [0.4, 0.5) is 0 Å². The summed E-state index contributed by atoms with van der Waals surface area (Å²) in [5.41, 5.74) is 1.04. The van der Waals surface area contributed by atoms with Crippen LogP contribution >= 0.6 is 11.8 Å². The van der Waals surface area contributed by atoms with Crippen molar-refractivity contribution in [2.45, 2.75) is 6.92 Å².